The van der Waals surface area contributed by atoms with Gasteiger partial charge >= 0.3 is 6.03 Å². The van der Waals surface area contributed by atoms with Gasteiger partial charge in [-0.25, -0.2) is 4.79 Å². The number of benzene rings is 1. The Bertz CT molecular complexity index is 468. The van der Waals surface area contributed by atoms with Crippen molar-refractivity contribution < 1.29 is 4.79 Å². The number of allylic oxidation sites excluding steroid dienone is 2. The Kier molecular flexibility index (Phi) is 8.29. The zero-order valence-electron chi connectivity index (χ0n) is 12.5. The van der Waals surface area contributed by atoms with Gasteiger partial charge < -0.3 is 10.2 Å². The summed E-state index contributed by atoms with van der Waals surface area (Å²) in [5, 5.41) is 3.56. The molecule has 0 aromatic heterocycles. The molecule has 4 heteroatoms. The molecule has 1 N–H and O–H groups in total. The standard InChI is InChI=1S/C17H23ClN2O/c1-3-5-7-8-14-20(13-6-4-2)17(21)19-16-11-9-15(18)10-12-16/h3,5,7,9-12H,1,4,6,8,13-14H2,2H3,(H,19,21)/b7-5+. The quantitative estimate of drug-likeness (QED) is 0.665. The summed E-state index contributed by atoms with van der Waals surface area (Å²) in [5.74, 6) is 0. The van der Waals surface area contributed by atoms with Gasteiger partial charge in [0.1, 0.15) is 0 Å². The first-order chi connectivity index (χ1) is 10.2. The molecule has 0 aliphatic rings. The van der Waals surface area contributed by atoms with Gasteiger partial charge in [-0.15, -0.1) is 0 Å². The highest BCUT2D eigenvalue weighted by Crippen LogP contribution is 2.14. The highest BCUT2D eigenvalue weighted by molar-refractivity contribution is 6.30. The van der Waals surface area contributed by atoms with Crippen molar-refractivity contribution in [3.63, 3.8) is 0 Å². The number of nitrogens with zero attached hydrogens (tertiary/aromatic N) is 1. The van der Waals surface area contributed by atoms with Crippen LogP contribution in [0.25, 0.3) is 0 Å². The molecule has 0 atom stereocenters. The van der Waals surface area contributed by atoms with Gasteiger partial charge in [0.15, 0.2) is 0 Å². The lowest BCUT2D eigenvalue weighted by molar-refractivity contribution is 0.211. The number of hydrogen-bond donors (Lipinski definition) is 1. The van der Waals surface area contributed by atoms with Gasteiger partial charge in [-0.2, -0.15) is 0 Å². The van der Waals surface area contributed by atoms with Gasteiger partial charge in [-0.05, 0) is 37.1 Å². The molecule has 0 bridgehead atoms. The molecule has 0 spiro atoms. The Morgan fingerprint density at radius 2 is 2.05 bits per heavy atom. The molecule has 0 unspecified atom stereocenters. The number of halogens is 1. The van der Waals surface area contributed by atoms with E-state index in [1.807, 2.05) is 17.1 Å². The molecule has 1 rings (SSSR count). The summed E-state index contributed by atoms with van der Waals surface area (Å²) in [5.41, 5.74) is 0.757. The molecule has 21 heavy (non-hydrogen) atoms. The predicted molar refractivity (Wildman–Crippen MR) is 90.9 cm³/mol. The van der Waals surface area contributed by atoms with Crippen molar-refractivity contribution in [3.05, 3.63) is 54.1 Å². The third kappa shape index (κ3) is 7.00. The number of anilines is 1. The Morgan fingerprint density at radius 1 is 1.33 bits per heavy atom. The Hall–Kier alpha value is -1.74. The smallest absolute Gasteiger partial charge is 0.321 e. The number of amides is 2. The lowest BCUT2D eigenvalue weighted by Gasteiger charge is -2.22. The molecule has 0 heterocycles. The number of rotatable bonds is 8. The molecule has 0 saturated heterocycles. The number of nitrogens with one attached hydrogen (secondary N) is 1. The van der Waals surface area contributed by atoms with Crippen molar-refractivity contribution in [2.24, 2.45) is 0 Å². The highest BCUT2D eigenvalue weighted by atomic mass is 35.5. The van der Waals surface area contributed by atoms with Gasteiger partial charge in [0.25, 0.3) is 0 Å². The maximum atomic E-state index is 12.3. The lowest BCUT2D eigenvalue weighted by atomic mass is 10.3. The topological polar surface area (TPSA) is 32.3 Å². The van der Waals surface area contributed by atoms with Crippen molar-refractivity contribution in [3.8, 4) is 0 Å². The molecule has 0 saturated carbocycles. The monoisotopic (exact) mass is 306 g/mol. The summed E-state index contributed by atoms with van der Waals surface area (Å²) in [6.07, 6.45) is 8.54. The van der Waals surface area contributed by atoms with E-state index in [1.54, 1.807) is 30.3 Å². The fourth-order valence-electron chi connectivity index (χ4n) is 1.82. The number of carbonyl (C=O) groups is 1. The fraction of sp³-hybridized carbons (Fsp3) is 0.353. The predicted octanol–water partition coefficient (Wildman–Crippen LogP) is 5.11. The summed E-state index contributed by atoms with van der Waals surface area (Å²) in [6, 6.07) is 7.06. The first-order valence-electron chi connectivity index (χ1n) is 7.26. The van der Waals surface area contributed by atoms with Gasteiger partial charge in [0, 0.05) is 23.8 Å². The SMILES string of the molecule is C=C/C=C/CCN(CCCC)C(=O)Nc1ccc(Cl)cc1. The van der Waals surface area contributed by atoms with E-state index in [0.29, 0.717) is 11.6 Å². The van der Waals surface area contributed by atoms with Crippen molar-refractivity contribution >= 4 is 23.3 Å². The lowest BCUT2D eigenvalue weighted by Crippen LogP contribution is -2.36. The van der Waals surface area contributed by atoms with Crippen molar-refractivity contribution in [1.82, 2.24) is 4.90 Å². The average molecular weight is 307 g/mol. The van der Waals surface area contributed by atoms with Gasteiger partial charge in [-0.3, -0.25) is 0 Å². The molecule has 3 nitrogen and oxygen atoms in total. The van der Waals surface area contributed by atoms with E-state index >= 15 is 0 Å². The summed E-state index contributed by atoms with van der Waals surface area (Å²) < 4.78 is 0. The second kappa shape index (κ2) is 10.1. The zero-order chi connectivity index (χ0) is 15.5. The number of carbonyl (C=O) groups excluding carboxylic acids is 1. The fourth-order valence-corrected chi connectivity index (χ4v) is 1.95. The van der Waals surface area contributed by atoms with Crippen molar-refractivity contribution in [2.75, 3.05) is 18.4 Å². The van der Waals surface area contributed by atoms with E-state index in [0.717, 1.165) is 31.5 Å². The molecule has 1 aromatic rings. The van der Waals surface area contributed by atoms with Crippen LogP contribution in [0.2, 0.25) is 5.02 Å². The van der Waals surface area contributed by atoms with Crippen LogP contribution in [0.1, 0.15) is 26.2 Å². The maximum absolute atomic E-state index is 12.3. The summed E-state index contributed by atoms with van der Waals surface area (Å²) in [4.78, 5) is 14.1. The van der Waals surface area contributed by atoms with Crippen LogP contribution in [0.15, 0.2) is 49.1 Å². The number of hydrogen-bond acceptors (Lipinski definition) is 1. The van der Waals surface area contributed by atoms with Crippen LogP contribution in [0.4, 0.5) is 10.5 Å². The van der Waals surface area contributed by atoms with E-state index < -0.39 is 0 Å². The maximum Gasteiger partial charge on any atom is 0.321 e. The highest BCUT2D eigenvalue weighted by Gasteiger charge is 2.12. The number of urea groups is 1. The van der Waals surface area contributed by atoms with E-state index in [4.69, 9.17) is 11.6 Å². The van der Waals surface area contributed by atoms with E-state index in [9.17, 15) is 4.79 Å². The second-order valence-corrected chi connectivity index (χ2v) is 5.17. The number of unbranched alkanes of at least 4 members (excludes halogenated alkanes) is 1. The van der Waals surface area contributed by atoms with Crippen LogP contribution >= 0.6 is 11.6 Å². The molecule has 0 radical (unpaired) electrons. The largest absolute Gasteiger partial charge is 0.324 e. The van der Waals surface area contributed by atoms with Gasteiger partial charge in [0.05, 0.1) is 0 Å². The van der Waals surface area contributed by atoms with Crippen molar-refractivity contribution in [1.29, 1.82) is 0 Å². The van der Waals surface area contributed by atoms with Crippen molar-refractivity contribution in [2.45, 2.75) is 26.2 Å². The van der Waals surface area contributed by atoms with E-state index in [-0.39, 0.29) is 6.03 Å². The van der Waals surface area contributed by atoms with Gasteiger partial charge in [0.2, 0.25) is 0 Å². The molecule has 1 aromatic carbocycles. The Labute approximate surface area is 132 Å². The van der Waals surface area contributed by atoms with Crippen LogP contribution in [0.5, 0.6) is 0 Å². The minimum atomic E-state index is -0.0715. The Balaban J connectivity index is 2.58. The second-order valence-electron chi connectivity index (χ2n) is 4.73. The first-order valence-corrected chi connectivity index (χ1v) is 7.64. The van der Waals surface area contributed by atoms with E-state index in [1.165, 1.54) is 0 Å². The molecular weight excluding hydrogens is 284 g/mol. The summed E-state index contributed by atoms with van der Waals surface area (Å²) >= 11 is 5.84. The molecular formula is C17H23ClN2O. The Morgan fingerprint density at radius 3 is 2.67 bits per heavy atom. The molecule has 2 amide bonds. The molecule has 0 aliphatic carbocycles. The minimum absolute atomic E-state index is 0.0715. The van der Waals surface area contributed by atoms with Gasteiger partial charge in [-0.1, -0.05) is 49.8 Å². The van der Waals surface area contributed by atoms with Crippen LogP contribution in [0.3, 0.4) is 0 Å². The third-order valence-corrected chi connectivity index (χ3v) is 3.25. The normalized spacial score (nSPS) is 10.6. The van der Waals surface area contributed by atoms with E-state index in [2.05, 4.69) is 18.8 Å². The minimum Gasteiger partial charge on any atom is -0.324 e. The van der Waals surface area contributed by atoms with Crippen LogP contribution in [-0.2, 0) is 0 Å². The van der Waals surface area contributed by atoms with Crippen LogP contribution in [-0.4, -0.2) is 24.0 Å². The van der Waals surface area contributed by atoms with Crippen LogP contribution < -0.4 is 5.32 Å². The van der Waals surface area contributed by atoms with Crippen LogP contribution in [0, 0.1) is 0 Å². The molecule has 0 fully saturated rings. The summed E-state index contributed by atoms with van der Waals surface area (Å²) in [7, 11) is 0. The first kappa shape index (κ1) is 17.3. The molecule has 114 valence electrons. The summed E-state index contributed by atoms with van der Waals surface area (Å²) in [6.45, 7) is 7.21. The molecule has 0 aliphatic heterocycles. The third-order valence-electron chi connectivity index (χ3n) is 3.00. The average Bonchev–Trinajstić information content (AvgIpc) is 2.49. The zero-order valence-corrected chi connectivity index (χ0v) is 13.3.